The van der Waals surface area contributed by atoms with Gasteiger partial charge in [-0.25, -0.2) is 4.98 Å². The van der Waals surface area contributed by atoms with E-state index in [1.165, 1.54) is 0 Å². The van der Waals surface area contributed by atoms with E-state index in [-0.39, 0.29) is 28.8 Å². The molecule has 8 nitrogen and oxygen atoms in total. The van der Waals surface area contributed by atoms with Crippen molar-refractivity contribution in [2.24, 2.45) is 5.41 Å². The summed E-state index contributed by atoms with van der Waals surface area (Å²) < 4.78 is 5.21. The zero-order valence-corrected chi connectivity index (χ0v) is 18.9. The van der Waals surface area contributed by atoms with Gasteiger partial charge in [-0.3, -0.25) is 14.9 Å². The number of rotatable bonds is 7. The number of carbonyl (C=O) groups is 1. The molecular weight excluding hydrogens is 396 g/mol. The Morgan fingerprint density at radius 3 is 2.38 bits per heavy atom. The van der Waals surface area contributed by atoms with Crippen LogP contribution >= 0.6 is 11.6 Å². The minimum atomic E-state index is -0.593. The lowest BCUT2D eigenvalue weighted by Gasteiger charge is -2.32. The molecule has 2 saturated carbocycles. The number of halogens is 1. The molecule has 2 aliphatic carbocycles. The third-order valence-electron chi connectivity index (χ3n) is 4.99. The van der Waals surface area contributed by atoms with Crippen LogP contribution in [0.1, 0.15) is 73.1 Å². The molecule has 164 valence electrons. The normalized spacial score (nSPS) is 16.6. The lowest BCUT2D eigenvalue weighted by atomic mass is 10.0. The highest BCUT2D eigenvalue weighted by atomic mass is 35.5. The molecule has 0 N–H and O–H groups in total. The van der Waals surface area contributed by atoms with Crippen molar-refractivity contribution in [1.29, 1.82) is 0 Å². The summed E-state index contributed by atoms with van der Waals surface area (Å²) in [6, 6.07) is 0.108. The van der Waals surface area contributed by atoms with Gasteiger partial charge in [-0.1, -0.05) is 40.5 Å². The van der Waals surface area contributed by atoms with Gasteiger partial charge < -0.3 is 9.64 Å². The highest BCUT2D eigenvalue weighted by Gasteiger charge is 2.53. The molecule has 0 radical (unpaired) electrons. The smallest absolute Gasteiger partial charge is 0.329 e. The van der Waals surface area contributed by atoms with Gasteiger partial charge in [-0.15, -0.1) is 0 Å². The Kier molecular flexibility index (Phi) is 10.3. The summed E-state index contributed by atoms with van der Waals surface area (Å²) in [4.78, 5) is 33.1. The second kappa shape index (κ2) is 11.9. The molecule has 0 atom stereocenters. The van der Waals surface area contributed by atoms with Gasteiger partial charge >= 0.3 is 11.7 Å². The fourth-order valence-electron chi connectivity index (χ4n) is 3.47. The largest absolute Gasteiger partial charge is 0.466 e. The standard InChI is InChI=1S/C16H21ClN4O4.2C2H6/c1-2-25-14(22)16(7-8-16)10-20(11-5-3-4-6-11)13-12(21(23)24)9-18-15(17)19-13;2*1-2/h9,11H,2-8,10H2,1H3;2*1-2H3. The Balaban J connectivity index is 0.000000989. The first-order chi connectivity index (χ1) is 14.0. The second-order valence-corrected chi connectivity index (χ2v) is 7.01. The topological polar surface area (TPSA) is 98.5 Å². The summed E-state index contributed by atoms with van der Waals surface area (Å²) in [7, 11) is 0. The molecule has 0 spiro atoms. The highest BCUT2D eigenvalue weighted by molar-refractivity contribution is 6.28. The van der Waals surface area contributed by atoms with Gasteiger partial charge in [0.15, 0.2) is 0 Å². The maximum atomic E-state index is 12.4. The van der Waals surface area contributed by atoms with E-state index >= 15 is 0 Å². The minimum Gasteiger partial charge on any atom is -0.466 e. The van der Waals surface area contributed by atoms with Crippen molar-refractivity contribution in [3.8, 4) is 0 Å². The Bertz CT molecular complexity index is 676. The van der Waals surface area contributed by atoms with E-state index in [1.807, 2.05) is 32.6 Å². The molecule has 0 aromatic carbocycles. The third-order valence-corrected chi connectivity index (χ3v) is 5.17. The molecule has 0 bridgehead atoms. The lowest BCUT2D eigenvalue weighted by Crippen LogP contribution is -2.42. The first-order valence-electron chi connectivity index (χ1n) is 10.6. The van der Waals surface area contributed by atoms with E-state index in [0.717, 1.165) is 44.7 Å². The first kappa shape index (κ1) is 25.1. The van der Waals surface area contributed by atoms with Gasteiger partial charge in [-0.05, 0) is 44.2 Å². The summed E-state index contributed by atoms with van der Waals surface area (Å²) in [6.07, 6.45) is 6.52. The first-order valence-corrected chi connectivity index (χ1v) is 11.0. The zero-order chi connectivity index (χ0) is 22.0. The number of hydrogen-bond acceptors (Lipinski definition) is 7. The van der Waals surface area contributed by atoms with E-state index in [0.29, 0.717) is 13.2 Å². The van der Waals surface area contributed by atoms with Crippen molar-refractivity contribution in [2.75, 3.05) is 18.1 Å². The monoisotopic (exact) mass is 428 g/mol. The van der Waals surface area contributed by atoms with E-state index in [4.69, 9.17) is 16.3 Å². The number of hydrogen-bond donors (Lipinski definition) is 0. The van der Waals surface area contributed by atoms with Crippen molar-refractivity contribution in [2.45, 2.75) is 79.2 Å². The van der Waals surface area contributed by atoms with Crippen LogP contribution in [0.3, 0.4) is 0 Å². The summed E-state index contributed by atoms with van der Waals surface area (Å²) in [5, 5.41) is 11.4. The van der Waals surface area contributed by atoms with Crippen LogP contribution in [0.4, 0.5) is 11.5 Å². The lowest BCUT2D eigenvalue weighted by molar-refractivity contribution is -0.384. The third kappa shape index (κ3) is 6.26. The van der Waals surface area contributed by atoms with Gasteiger partial charge in [0, 0.05) is 12.6 Å². The number of ether oxygens (including phenoxy) is 1. The molecular formula is C20H33ClN4O4. The predicted octanol–water partition coefficient (Wildman–Crippen LogP) is 5.18. The SMILES string of the molecule is CC.CC.CCOC(=O)C1(CN(c2nc(Cl)ncc2[N+](=O)[O-])C2CCCC2)CC1. The van der Waals surface area contributed by atoms with Gasteiger partial charge in [0.1, 0.15) is 6.20 Å². The average molecular weight is 429 g/mol. The quantitative estimate of drug-likeness (QED) is 0.255. The van der Waals surface area contributed by atoms with Crippen LogP contribution in [-0.2, 0) is 9.53 Å². The molecule has 2 fully saturated rings. The Labute approximate surface area is 178 Å². The van der Waals surface area contributed by atoms with Crippen molar-refractivity contribution in [1.82, 2.24) is 9.97 Å². The second-order valence-electron chi connectivity index (χ2n) is 6.67. The van der Waals surface area contributed by atoms with Gasteiger partial charge in [-0.2, -0.15) is 4.98 Å². The molecule has 1 aromatic heterocycles. The van der Waals surface area contributed by atoms with E-state index in [2.05, 4.69) is 9.97 Å². The van der Waals surface area contributed by atoms with Crippen LogP contribution in [0.2, 0.25) is 5.28 Å². The molecule has 1 aromatic rings. The maximum absolute atomic E-state index is 12.4. The predicted molar refractivity (Wildman–Crippen MR) is 114 cm³/mol. The summed E-state index contributed by atoms with van der Waals surface area (Å²) in [5.74, 6) is -0.0340. The van der Waals surface area contributed by atoms with Crippen LogP contribution in [0.15, 0.2) is 6.20 Å². The average Bonchev–Trinajstić information content (AvgIpc) is 3.32. The molecule has 0 amide bonds. The molecule has 3 rings (SSSR count). The zero-order valence-electron chi connectivity index (χ0n) is 18.1. The molecule has 29 heavy (non-hydrogen) atoms. The van der Waals surface area contributed by atoms with E-state index in [1.54, 1.807) is 6.92 Å². The Morgan fingerprint density at radius 2 is 1.90 bits per heavy atom. The maximum Gasteiger partial charge on any atom is 0.329 e. The van der Waals surface area contributed by atoms with Gasteiger partial charge in [0.05, 0.1) is 16.9 Å². The summed E-state index contributed by atoms with van der Waals surface area (Å²) in [6.45, 7) is 10.5. The van der Waals surface area contributed by atoms with E-state index in [9.17, 15) is 14.9 Å². The fourth-order valence-corrected chi connectivity index (χ4v) is 3.60. The fraction of sp³-hybridized carbons (Fsp3) is 0.750. The van der Waals surface area contributed by atoms with Gasteiger partial charge in [0.2, 0.25) is 11.1 Å². The van der Waals surface area contributed by atoms with Crippen LogP contribution < -0.4 is 4.90 Å². The molecule has 0 unspecified atom stereocenters. The van der Waals surface area contributed by atoms with E-state index < -0.39 is 10.3 Å². The summed E-state index contributed by atoms with van der Waals surface area (Å²) in [5.41, 5.74) is -0.778. The minimum absolute atomic E-state index is 0.0374. The van der Waals surface area contributed by atoms with Crippen LogP contribution in [0, 0.1) is 15.5 Å². The number of carbonyl (C=O) groups excluding carboxylic acids is 1. The number of anilines is 1. The molecule has 0 aliphatic heterocycles. The number of esters is 1. The van der Waals surface area contributed by atoms with Crippen LogP contribution in [0.5, 0.6) is 0 Å². The molecule has 0 saturated heterocycles. The van der Waals surface area contributed by atoms with Crippen LogP contribution in [-0.4, -0.2) is 40.1 Å². The number of nitrogens with zero attached hydrogens (tertiary/aromatic N) is 4. The summed E-state index contributed by atoms with van der Waals surface area (Å²) >= 11 is 5.91. The Hall–Kier alpha value is -1.96. The van der Waals surface area contributed by atoms with Crippen molar-refractivity contribution in [3.63, 3.8) is 0 Å². The molecule has 1 heterocycles. The van der Waals surface area contributed by atoms with Gasteiger partial charge in [0.25, 0.3) is 0 Å². The molecule has 9 heteroatoms. The van der Waals surface area contributed by atoms with Crippen LogP contribution in [0.25, 0.3) is 0 Å². The van der Waals surface area contributed by atoms with Crippen molar-refractivity contribution >= 4 is 29.1 Å². The van der Waals surface area contributed by atoms with Crippen molar-refractivity contribution < 1.29 is 14.5 Å². The van der Waals surface area contributed by atoms with Crippen molar-refractivity contribution in [3.05, 3.63) is 21.6 Å². The number of aromatic nitrogens is 2. The molecule has 2 aliphatic rings. The number of nitro groups is 1. The highest BCUT2D eigenvalue weighted by Crippen LogP contribution is 2.49. The Morgan fingerprint density at radius 1 is 1.31 bits per heavy atom.